The van der Waals surface area contributed by atoms with E-state index in [1.165, 1.54) is 12.1 Å². The summed E-state index contributed by atoms with van der Waals surface area (Å²) in [7, 11) is 0. The van der Waals surface area contributed by atoms with Gasteiger partial charge in [-0.15, -0.1) is 0 Å². The number of nitrogens with one attached hydrogen (secondary N) is 1. The van der Waals surface area contributed by atoms with Gasteiger partial charge in [-0.05, 0) is 43.7 Å². The number of amides is 1. The number of hydrogen-bond acceptors (Lipinski definition) is 3. The molecule has 126 valence electrons. The standard InChI is InChI=1S/C15H17F3N2O3/c16-15(17,18)10-4-6-11(7-5-10)19-13(21)9-20-8-2-1-3-12(20)14(22)23/h4-7,12H,1-3,8-9H2,(H,19,21)(H,22,23). The molecule has 0 aliphatic carbocycles. The minimum absolute atomic E-state index is 0.0992. The molecule has 1 amide bonds. The van der Waals surface area contributed by atoms with E-state index in [4.69, 9.17) is 5.11 Å². The molecular formula is C15H17F3N2O3. The van der Waals surface area contributed by atoms with E-state index in [1.54, 1.807) is 4.90 Å². The van der Waals surface area contributed by atoms with Crippen LogP contribution in [0, 0.1) is 0 Å². The molecule has 1 unspecified atom stereocenters. The summed E-state index contributed by atoms with van der Waals surface area (Å²) in [6.45, 7) is 0.412. The summed E-state index contributed by atoms with van der Waals surface area (Å²) >= 11 is 0. The lowest BCUT2D eigenvalue weighted by Gasteiger charge is -2.32. The van der Waals surface area contributed by atoms with Crippen LogP contribution in [0.3, 0.4) is 0 Å². The number of alkyl halides is 3. The summed E-state index contributed by atoms with van der Waals surface area (Å²) in [5.74, 6) is -1.41. The summed E-state index contributed by atoms with van der Waals surface area (Å²) in [5.41, 5.74) is -0.552. The lowest BCUT2D eigenvalue weighted by Crippen LogP contribution is -2.47. The predicted octanol–water partition coefficient (Wildman–Crippen LogP) is 2.58. The Morgan fingerprint density at radius 3 is 2.43 bits per heavy atom. The fourth-order valence-corrected chi connectivity index (χ4v) is 2.59. The summed E-state index contributed by atoms with van der Waals surface area (Å²) in [5, 5.41) is 11.6. The topological polar surface area (TPSA) is 69.6 Å². The highest BCUT2D eigenvalue weighted by Crippen LogP contribution is 2.29. The number of carboxylic acid groups (broad SMARTS) is 1. The molecule has 1 atom stereocenters. The number of hydrogen-bond donors (Lipinski definition) is 2. The number of benzene rings is 1. The number of halogens is 3. The second kappa shape index (κ2) is 6.99. The number of piperidine rings is 1. The fourth-order valence-electron chi connectivity index (χ4n) is 2.59. The van der Waals surface area contributed by atoms with Crippen molar-refractivity contribution in [2.75, 3.05) is 18.4 Å². The fraction of sp³-hybridized carbons (Fsp3) is 0.467. The number of anilines is 1. The first-order valence-electron chi connectivity index (χ1n) is 7.21. The first-order valence-corrected chi connectivity index (χ1v) is 7.21. The average Bonchev–Trinajstić information content (AvgIpc) is 2.47. The van der Waals surface area contributed by atoms with Crippen molar-refractivity contribution in [1.82, 2.24) is 4.90 Å². The van der Waals surface area contributed by atoms with Gasteiger partial charge in [0.2, 0.25) is 5.91 Å². The molecule has 0 radical (unpaired) electrons. The Bertz CT molecular complexity index is 572. The van der Waals surface area contributed by atoms with E-state index >= 15 is 0 Å². The van der Waals surface area contributed by atoms with Gasteiger partial charge in [0, 0.05) is 5.69 Å². The molecule has 1 aromatic rings. The number of nitrogens with zero attached hydrogens (tertiary/aromatic N) is 1. The number of rotatable bonds is 4. The van der Waals surface area contributed by atoms with Gasteiger partial charge in [-0.1, -0.05) is 6.42 Å². The van der Waals surface area contributed by atoms with E-state index < -0.39 is 29.7 Å². The highest BCUT2D eigenvalue weighted by atomic mass is 19.4. The monoisotopic (exact) mass is 330 g/mol. The first kappa shape index (κ1) is 17.3. The summed E-state index contributed by atoms with van der Waals surface area (Å²) < 4.78 is 37.4. The van der Waals surface area contributed by atoms with Crippen molar-refractivity contribution in [3.8, 4) is 0 Å². The minimum atomic E-state index is -4.43. The zero-order valence-corrected chi connectivity index (χ0v) is 12.3. The number of carbonyl (C=O) groups excluding carboxylic acids is 1. The van der Waals surface area contributed by atoms with E-state index in [-0.39, 0.29) is 12.2 Å². The first-order chi connectivity index (χ1) is 10.8. The van der Waals surface area contributed by atoms with Crippen molar-refractivity contribution in [3.05, 3.63) is 29.8 Å². The maximum Gasteiger partial charge on any atom is 0.416 e. The van der Waals surface area contributed by atoms with Crippen molar-refractivity contribution in [2.24, 2.45) is 0 Å². The highest BCUT2D eigenvalue weighted by molar-refractivity contribution is 5.92. The Morgan fingerprint density at radius 1 is 1.22 bits per heavy atom. The van der Waals surface area contributed by atoms with Crippen LogP contribution in [0.4, 0.5) is 18.9 Å². The molecule has 0 aromatic heterocycles. The molecule has 1 fully saturated rings. The molecule has 23 heavy (non-hydrogen) atoms. The maximum atomic E-state index is 12.5. The van der Waals surface area contributed by atoms with Crippen molar-refractivity contribution in [1.29, 1.82) is 0 Å². The molecular weight excluding hydrogens is 313 g/mol. The van der Waals surface area contributed by atoms with Crippen molar-refractivity contribution in [2.45, 2.75) is 31.5 Å². The Kier molecular flexibility index (Phi) is 5.25. The maximum absolute atomic E-state index is 12.5. The molecule has 1 aromatic carbocycles. The Balaban J connectivity index is 1.95. The lowest BCUT2D eigenvalue weighted by molar-refractivity contribution is -0.145. The van der Waals surface area contributed by atoms with Gasteiger partial charge in [0.05, 0.1) is 12.1 Å². The molecule has 0 bridgehead atoms. The quantitative estimate of drug-likeness (QED) is 0.890. The predicted molar refractivity (Wildman–Crippen MR) is 76.9 cm³/mol. The molecule has 5 nitrogen and oxygen atoms in total. The molecule has 2 N–H and O–H groups in total. The second-order valence-electron chi connectivity index (χ2n) is 5.44. The third-order valence-electron chi connectivity index (χ3n) is 3.74. The van der Waals surface area contributed by atoms with Gasteiger partial charge in [0.25, 0.3) is 0 Å². The van der Waals surface area contributed by atoms with Crippen LogP contribution < -0.4 is 5.32 Å². The third-order valence-corrected chi connectivity index (χ3v) is 3.74. The summed E-state index contributed by atoms with van der Waals surface area (Å²) in [6, 6.07) is 3.42. The van der Waals surface area contributed by atoms with Crippen molar-refractivity contribution < 1.29 is 27.9 Å². The zero-order chi connectivity index (χ0) is 17.0. The molecule has 0 spiro atoms. The van der Waals surface area contributed by atoms with E-state index in [0.29, 0.717) is 13.0 Å². The average molecular weight is 330 g/mol. The van der Waals surface area contributed by atoms with Crippen LogP contribution in [0.15, 0.2) is 24.3 Å². The van der Waals surface area contributed by atoms with Crippen LogP contribution in [-0.4, -0.2) is 41.0 Å². The molecule has 1 aliphatic rings. The normalized spacial score (nSPS) is 19.3. The number of likely N-dealkylation sites (tertiary alicyclic amines) is 1. The third kappa shape index (κ3) is 4.69. The molecule has 0 saturated carbocycles. The van der Waals surface area contributed by atoms with Crippen LogP contribution in [-0.2, 0) is 15.8 Å². The van der Waals surface area contributed by atoms with Crippen LogP contribution in [0.1, 0.15) is 24.8 Å². The second-order valence-corrected chi connectivity index (χ2v) is 5.44. The van der Waals surface area contributed by atoms with Gasteiger partial charge in [0.15, 0.2) is 0 Å². The van der Waals surface area contributed by atoms with Crippen LogP contribution in [0.2, 0.25) is 0 Å². The Morgan fingerprint density at radius 2 is 1.87 bits per heavy atom. The van der Waals surface area contributed by atoms with Crippen LogP contribution in [0.25, 0.3) is 0 Å². The van der Waals surface area contributed by atoms with Gasteiger partial charge >= 0.3 is 12.1 Å². The van der Waals surface area contributed by atoms with Gasteiger partial charge in [-0.2, -0.15) is 13.2 Å². The molecule has 8 heteroatoms. The van der Waals surface area contributed by atoms with Gasteiger partial charge < -0.3 is 10.4 Å². The summed E-state index contributed by atoms with van der Waals surface area (Å²) in [6.07, 6.45) is -2.32. The summed E-state index contributed by atoms with van der Waals surface area (Å²) in [4.78, 5) is 24.7. The van der Waals surface area contributed by atoms with Gasteiger partial charge in [-0.25, -0.2) is 0 Å². The van der Waals surface area contributed by atoms with E-state index in [0.717, 1.165) is 25.0 Å². The molecule has 2 rings (SSSR count). The minimum Gasteiger partial charge on any atom is -0.480 e. The van der Waals surface area contributed by atoms with Crippen LogP contribution >= 0.6 is 0 Å². The SMILES string of the molecule is O=C(CN1CCCCC1C(=O)O)Nc1ccc(C(F)(F)F)cc1. The number of carboxylic acids is 1. The van der Waals surface area contributed by atoms with Crippen molar-refractivity contribution >= 4 is 17.6 Å². The van der Waals surface area contributed by atoms with Gasteiger partial charge in [0.1, 0.15) is 6.04 Å². The largest absolute Gasteiger partial charge is 0.480 e. The molecule has 1 heterocycles. The zero-order valence-electron chi connectivity index (χ0n) is 12.3. The van der Waals surface area contributed by atoms with E-state index in [9.17, 15) is 22.8 Å². The molecule has 1 saturated heterocycles. The van der Waals surface area contributed by atoms with Crippen molar-refractivity contribution in [3.63, 3.8) is 0 Å². The smallest absolute Gasteiger partial charge is 0.416 e. The lowest BCUT2D eigenvalue weighted by atomic mass is 10.0. The van der Waals surface area contributed by atoms with E-state index in [2.05, 4.69) is 5.32 Å². The Labute approximate surface area is 131 Å². The molecule has 1 aliphatic heterocycles. The number of carbonyl (C=O) groups is 2. The van der Waals surface area contributed by atoms with Gasteiger partial charge in [-0.3, -0.25) is 14.5 Å². The highest BCUT2D eigenvalue weighted by Gasteiger charge is 2.31. The number of aliphatic carboxylic acids is 1. The van der Waals surface area contributed by atoms with E-state index in [1.807, 2.05) is 0 Å². The van der Waals surface area contributed by atoms with Crippen LogP contribution in [0.5, 0.6) is 0 Å². The Hall–Kier alpha value is -2.09.